The predicted molar refractivity (Wildman–Crippen MR) is 166 cm³/mol. The first-order valence-electron chi connectivity index (χ1n) is 14.4. The van der Waals surface area contributed by atoms with Crippen LogP contribution in [-0.4, -0.2) is 77.4 Å². The molecule has 10 heteroatoms. The fraction of sp³-hybridized carbons (Fsp3) is 0.469. The number of nitrogens with one attached hydrogen (secondary N) is 3. The molecule has 1 aliphatic carbocycles. The molecule has 0 bridgehead atoms. The van der Waals surface area contributed by atoms with Crippen LogP contribution in [-0.2, 0) is 9.59 Å². The third kappa shape index (κ3) is 9.90. The van der Waals surface area contributed by atoms with Gasteiger partial charge < -0.3 is 25.8 Å². The molecule has 0 aliphatic heterocycles. The molecule has 3 atom stereocenters. The Hall–Kier alpha value is -4.41. The van der Waals surface area contributed by atoms with E-state index < -0.39 is 6.04 Å². The van der Waals surface area contributed by atoms with Crippen molar-refractivity contribution in [1.82, 2.24) is 25.1 Å². The molecule has 10 nitrogen and oxygen atoms in total. The largest absolute Gasteiger partial charge is 0.367 e. The van der Waals surface area contributed by atoms with E-state index in [-0.39, 0.29) is 29.8 Å². The Morgan fingerprint density at radius 1 is 1.14 bits per heavy atom. The zero-order valence-corrected chi connectivity index (χ0v) is 25.4. The lowest BCUT2D eigenvalue weighted by atomic mass is 9.86. The first-order chi connectivity index (χ1) is 20.0. The molecule has 1 fully saturated rings. The zero-order valence-electron chi connectivity index (χ0n) is 25.4. The SMILES string of the molecule is CC(C)Nc1nc(Nc2ccc(C#N)cc2)ncc1C#C[C@@H]1CCC[C@H](NC(=O)[C@H](C)N(C)C(=O)C=CCN(C)C)C1. The van der Waals surface area contributed by atoms with Crippen molar-refractivity contribution in [3.8, 4) is 17.9 Å². The summed E-state index contributed by atoms with van der Waals surface area (Å²) >= 11 is 0. The summed E-state index contributed by atoms with van der Waals surface area (Å²) in [5.74, 6) is 7.50. The van der Waals surface area contributed by atoms with E-state index in [1.165, 1.54) is 11.0 Å². The predicted octanol–water partition coefficient (Wildman–Crippen LogP) is 3.90. The van der Waals surface area contributed by atoms with Crippen molar-refractivity contribution < 1.29 is 9.59 Å². The van der Waals surface area contributed by atoms with Crippen molar-refractivity contribution in [3.63, 3.8) is 0 Å². The lowest BCUT2D eigenvalue weighted by molar-refractivity contribution is -0.135. The Bertz CT molecular complexity index is 1350. The van der Waals surface area contributed by atoms with Crippen molar-refractivity contribution in [3.05, 3.63) is 53.7 Å². The summed E-state index contributed by atoms with van der Waals surface area (Å²) in [6.45, 7) is 6.47. The molecule has 2 amide bonds. The molecule has 3 N–H and O–H groups in total. The van der Waals surface area contributed by atoms with E-state index in [4.69, 9.17) is 5.26 Å². The number of hydrogen-bond donors (Lipinski definition) is 3. The third-order valence-corrected chi connectivity index (χ3v) is 6.95. The van der Waals surface area contributed by atoms with E-state index >= 15 is 0 Å². The standard InChI is InChI=1S/C32H42N8O2/c1-22(2)35-30-26(21-34-32(38-30)37-27-16-13-25(20-33)14-17-27)15-12-24-9-7-10-28(19-24)36-31(42)23(3)40(6)29(41)11-8-18-39(4)5/h8,11,13-14,16-17,21-24,28H,7,9-10,18-19H2,1-6H3,(H,36,42)(H2,34,35,37,38)/t23-,24-,28-/m0/s1. The third-order valence-electron chi connectivity index (χ3n) is 6.95. The number of anilines is 3. The van der Waals surface area contributed by atoms with Crippen LogP contribution >= 0.6 is 0 Å². The van der Waals surface area contributed by atoms with E-state index in [1.54, 1.807) is 38.4 Å². The number of rotatable bonds is 10. The second-order valence-corrected chi connectivity index (χ2v) is 11.2. The smallest absolute Gasteiger partial charge is 0.246 e. The Morgan fingerprint density at radius 3 is 2.55 bits per heavy atom. The summed E-state index contributed by atoms with van der Waals surface area (Å²) < 4.78 is 0. The normalized spacial score (nSPS) is 17.2. The number of nitrogens with zero attached hydrogens (tertiary/aromatic N) is 5. The maximum atomic E-state index is 12.9. The molecule has 0 spiro atoms. The molecule has 3 rings (SSSR count). The minimum absolute atomic E-state index is 0.00397. The van der Waals surface area contributed by atoms with Crippen LogP contribution in [0.5, 0.6) is 0 Å². The van der Waals surface area contributed by atoms with Crippen LogP contribution in [0.3, 0.4) is 0 Å². The van der Waals surface area contributed by atoms with E-state index in [1.807, 2.05) is 45.0 Å². The van der Waals surface area contributed by atoms with Gasteiger partial charge in [-0.25, -0.2) is 4.98 Å². The van der Waals surface area contributed by atoms with Gasteiger partial charge >= 0.3 is 0 Å². The first kappa shape index (κ1) is 32.1. The number of amides is 2. The van der Waals surface area contributed by atoms with Gasteiger partial charge in [0.05, 0.1) is 23.4 Å². The van der Waals surface area contributed by atoms with Crippen molar-refractivity contribution >= 4 is 29.3 Å². The van der Waals surface area contributed by atoms with Crippen LogP contribution in [0.2, 0.25) is 0 Å². The molecule has 1 aliphatic rings. The van der Waals surface area contributed by atoms with E-state index in [0.717, 1.165) is 31.4 Å². The molecule has 1 saturated carbocycles. The highest BCUT2D eigenvalue weighted by molar-refractivity contribution is 5.92. The monoisotopic (exact) mass is 570 g/mol. The van der Waals surface area contributed by atoms with Crippen LogP contribution in [0.4, 0.5) is 17.5 Å². The Kier molecular flexibility index (Phi) is 11.9. The van der Waals surface area contributed by atoms with Crippen LogP contribution in [0.15, 0.2) is 42.6 Å². The Balaban J connectivity index is 1.63. The molecule has 222 valence electrons. The van der Waals surface area contributed by atoms with Crippen LogP contribution in [0.25, 0.3) is 0 Å². The lowest BCUT2D eigenvalue weighted by Crippen LogP contribution is -2.49. The van der Waals surface area contributed by atoms with Gasteiger partial charge in [0, 0.05) is 43.4 Å². The van der Waals surface area contributed by atoms with Gasteiger partial charge in [-0.15, -0.1) is 0 Å². The second kappa shape index (κ2) is 15.6. The average Bonchev–Trinajstić information content (AvgIpc) is 2.96. The topological polar surface area (TPSA) is 126 Å². The van der Waals surface area contributed by atoms with E-state index in [2.05, 4.69) is 43.8 Å². The van der Waals surface area contributed by atoms with Gasteiger partial charge in [-0.05, 0) is 78.4 Å². The van der Waals surface area contributed by atoms with Gasteiger partial charge in [-0.2, -0.15) is 10.2 Å². The number of nitriles is 1. The van der Waals surface area contributed by atoms with Gasteiger partial charge in [0.2, 0.25) is 17.8 Å². The van der Waals surface area contributed by atoms with Gasteiger partial charge in [0.25, 0.3) is 0 Å². The summed E-state index contributed by atoms with van der Waals surface area (Å²) in [4.78, 5) is 37.9. The summed E-state index contributed by atoms with van der Waals surface area (Å²) in [7, 11) is 5.51. The van der Waals surface area contributed by atoms with Gasteiger partial charge in [0.15, 0.2) is 0 Å². The number of carbonyl (C=O) groups is 2. The number of hydrogen-bond acceptors (Lipinski definition) is 8. The van der Waals surface area contributed by atoms with Crippen molar-refractivity contribution in [2.75, 3.05) is 38.3 Å². The van der Waals surface area contributed by atoms with Gasteiger partial charge in [0.1, 0.15) is 11.9 Å². The molecular formula is C32H42N8O2. The fourth-order valence-electron chi connectivity index (χ4n) is 4.48. The molecule has 0 radical (unpaired) electrons. The highest BCUT2D eigenvalue weighted by atomic mass is 16.2. The highest BCUT2D eigenvalue weighted by Crippen LogP contribution is 2.25. The molecule has 42 heavy (non-hydrogen) atoms. The van der Waals surface area contributed by atoms with Crippen LogP contribution in [0.1, 0.15) is 57.6 Å². The minimum atomic E-state index is -0.578. The number of carbonyl (C=O) groups excluding carboxylic acids is 2. The van der Waals surface area contributed by atoms with E-state index in [0.29, 0.717) is 29.4 Å². The van der Waals surface area contributed by atoms with Crippen molar-refractivity contribution in [2.24, 2.45) is 5.92 Å². The molecule has 2 aromatic rings. The van der Waals surface area contributed by atoms with Crippen molar-refractivity contribution in [1.29, 1.82) is 5.26 Å². The molecule has 1 aromatic heterocycles. The lowest BCUT2D eigenvalue weighted by Gasteiger charge is -2.30. The Labute approximate surface area is 249 Å². The molecule has 1 heterocycles. The highest BCUT2D eigenvalue weighted by Gasteiger charge is 2.26. The second-order valence-electron chi connectivity index (χ2n) is 11.2. The van der Waals surface area contributed by atoms with Gasteiger partial charge in [-0.1, -0.05) is 24.3 Å². The average molecular weight is 571 g/mol. The number of aromatic nitrogens is 2. The Morgan fingerprint density at radius 2 is 1.88 bits per heavy atom. The molecule has 1 aromatic carbocycles. The molecular weight excluding hydrogens is 528 g/mol. The van der Waals surface area contributed by atoms with Crippen LogP contribution < -0.4 is 16.0 Å². The molecule has 0 saturated heterocycles. The fourth-order valence-corrected chi connectivity index (χ4v) is 4.48. The summed E-state index contributed by atoms with van der Waals surface area (Å²) in [5, 5.41) is 18.7. The quantitative estimate of drug-likeness (QED) is 0.290. The first-order valence-corrected chi connectivity index (χ1v) is 14.4. The maximum Gasteiger partial charge on any atom is 0.246 e. The summed E-state index contributed by atoms with van der Waals surface area (Å²) in [5.41, 5.74) is 2.07. The van der Waals surface area contributed by atoms with E-state index in [9.17, 15) is 9.59 Å². The minimum Gasteiger partial charge on any atom is -0.367 e. The number of likely N-dealkylation sites (N-methyl/N-ethyl adjacent to an activating group) is 2. The van der Waals surface area contributed by atoms with Crippen molar-refractivity contribution in [2.45, 2.75) is 64.6 Å². The number of benzene rings is 1. The maximum absolute atomic E-state index is 12.9. The summed E-state index contributed by atoms with van der Waals surface area (Å²) in [6.07, 6.45) is 8.56. The zero-order chi connectivity index (χ0) is 30.6. The van der Waals surface area contributed by atoms with Crippen LogP contribution in [0, 0.1) is 29.1 Å². The van der Waals surface area contributed by atoms with Gasteiger partial charge in [-0.3, -0.25) is 9.59 Å². The molecule has 0 unspecified atom stereocenters. The summed E-state index contributed by atoms with van der Waals surface area (Å²) in [6, 6.07) is 8.77.